The Morgan fingerprint density at radius 1 is 1.38 bits per heavy atom. The molecule has 2 N–H and O–H groups in total. The quantitative estimate of drug-likeness (QED) is 0.886. The molecule has 0 radical (unpaired) electrons. The standard InChI is InChI=1S/C15H14BrNO4/c1-7-4-9-6-11(21-13(9)10(16)5-7)14(18)17-12(15(19)20)8-2-3-8/h4-6,8,12H,2-3H2,1H3,(H,17,18)(H,19,20). The van der Waals surface area contributed by atoms with Gasteiger partial charge in [0.15, 0.2) is 5.76 Å². The molecular formula is C15H14BrNO4. The van der Waals surface area contributed by atoms with E-state index in [-0.39, 0.29) is 11.7 Å². The molecule has 1 atom stereocenters. The highest BCUT2D eigenvalue weighted by Gasteiger charge is 2.37. The largest absolute Gasteiger partial charge is 0.480 e. The maximum Gasteiger partial charge on any atom is 0.326 e. The second kappa shape index (κ2) is 5.18. The number of nitrogens with one attached hydrogen (secondary N) is 1. The van der Waals surface area contributed by atoms with Crippen LogP contribution in [0.5, 0.6) is 0 Å². The molecular weight excluding hydrogens is 338 g/mol. The zero-order chi connectivity index (χ0) is 15.1. The first-order chi connectivity index (χ1) is 9.95. The van der Waals surface area contributed by atoms with Crippen molar-refractivity contribution >= 4 is 38.8 Å². The van der Waals surface area contributed by atoms with Crippen LogP contribution >= 0.6 is 15.9 Å². The molecule has 1 unspecified atom stereocenters. The first kappa shape index (κ1) is 14.1. The molecule has 3 rings (SSSR count). The monoisotopic (exact) mass is 351 g/mol. The van der Waals surface area contributed by atoms with Gasteiger partial charge in [-0.3, -0.25) is 4.79 Å². The minimum absolute atomic E-state index is 0.0322. The zero-order valence-corrected chi connectivity index (χ0v) is 12.9. The van der Waals surface area contributed by atoms with E-state index >= 15 is 0 Å². The molecule has 2 aromatic rings. The van der Waals surface area contributed by atoms with Crippen LogP contribution in [0.25, 0.3) is 11.0 Å². The van der Waals surface area contributed by atoms with E-state index in [4.69, 9.17) is 9.52 Å². The first-order valence-electron chi connectivity index (χ1n) is 6.69. The third-order valence-corrected chi connectivity index (χ3v) is 4.17. The number of hydrogen-bond acceptors (Lipinski definition) is 3. The van der Waals surface area contributed by atoms with E-state index in [9.17, 15) is 9.59 Å². The van der Waals surface area contributed by atoms with Gasteiger partial charge in [0.1, 0.15) is 11.6 Å². The number of hydrogen-bond donors (Lipinski definition) is 2. The van der Waals surface area contributed by atoms with Crippen LogP contribution in [0.15, 0.2) is 27.1 Å². The number of aryl methyl sites for hydroxylation is 1. The highest BCUT2D eigenvalue weighted by atomic mass is 79.9. The van der Waals surface area contributed by atoms with E-state index in [0.29, 0.717) is 5.58 Å². The summed E-state index contributed by atoms with van der Waals surface area (Å²) >= 11 is 3.40. The number of carbonyl (C=O) groups excluding carboxylic acids is 1. The number of furan rings is 1. The summed E-state index contributed by atoms with van der Waals surface area (Å²) in [6.07, 6.45) is 1.67. The van der Waals surface area contributed by atoms with Crippen molar-refractivity contribution in [3.05, 3.63) is 34.0 Å². The van der Waals surface area contributed by atoms with E-state index in [2.05, 4.69) is 21.2 Å². The Bertz CT molecular complexity index is 733. The summed E-state index contributed by atoms with van der Waals surface area (Å²) in [6, 6.07) is 4.61. The summed E-state index contributed by atoms with van der Waals surface area (Å²) < 4.78 is 6.32. The van der Waals surface area contributed by atoms with Crippen LogP contribution in [0, 0.1) is 12.8 Å². The molecule has 1 aromatic heterocycles. The third kappa shape index (κ3) is 2.81. The third-order valence-electron chi connectivity index (χ3n) is 3.59. The minimum Gasteiger partial charge on any atom is -0.480 e. The van der Waals surface area contributed by atoms with Gasteiger partial charge < -0.3 is 14.8 Å². The summed E-state index contributed by atoms with van der Waals surface area (Å²) in [7, 11) is 0. The molecule has 1 saturated carbocycles. The zero-order valence-electron chi connectivity index (χ0n) is 11.4. The lowest BCUT2D eigenvalue weighted by molar-refractivity contribution is -0.139. The van der Waals surface area contributed by atoms with Crippen LogP contribution in [0.1, 0.15) is 29.0 Å². The van der Waals surface area contributed by atoms with Crippen molar-refractivity contribution in [3.63, 3.8) is 0 Å². The molecule has 0 bridgehead atoms. The molecule has 1 heterocycles. The first-order valence-corrected chi connectivity index (χ1v) is 7.48. The van der Waals surface area contributed by atoms with Crippen molar-refractivity contribution in [2.75, 3.05) is 0 Å². The number of fused-ring (bicyclic) bond motifs is 1. The van der Waals surface area contributed by atoms with Crippen molar-refractivity contribution in [2.45, 2.75) is 25.8 Å². The van der Waals surface area contributed by atoms with Crippen LogP contribution < -0.4 is 5.32 Å². The molecule has 1 fully saturated rings. The minimum atomic E-state index is -1.00. The van der Waals surface area contributed by atoms with Gasteiger partial charge in [-0.05, 0) is 65.4 Å². The van der Waals surface area contributed by atoms with Crippen molar-refractivity contribution in [1.29, 1.82) is 0 Å². The Morgan fingerprint density at radius 2 is 2.10 bits per heavy atom. The average Bonchev–Trinajstić information content (AvgIpc) is 3.14. The highest BCUT2D eigenvalue weighted by molar-refractivity contribution is 9.10. The summed E-state index contributed by atoms with van der Waals surface area (Å²) in [5.74, 6) is -1.33. The van der Waals surface area contributed by atoms with Gasteiger partial charge in [0.05, 0.1) is 4.47 Å². The summed E-state index contributed by atoms with van der Waals surface area (Å²) in [4.78, 5) is 23.3. The molecule has 21 heavy (non-hydrogen) atoms. The van der Waals surface area contributed by atoms with Gasteiger partial charge in [0, 0.05) is 5.39 Å². The molecule has 1 aromatic carbocycles. The van der Waals surface area contributed by atoms with E-state index < -0.39 is 17.9 Å². The molecule has 0 aliphatic heterocycles. The second-order valence-corrected chi connectivity index (χ2v) is 6.26. The van der Waals surface area contributed by atoms with Crippen molar-refractivity contribution < 1.29 is 19.1 Å². The molecule has 5 nitrogen and oxygen atoms in total. The Balaban J connectivity index is 1.87. The van der Waals surface area contributed by atoms with Crippen LogP contribution in [0.3, 0.4) is 0 Å². The Morgan fingerprint density at radius 3 is 2.71 bits per heavy atom. The van der Waals surface area contributed by atoms with Gasteiger partial charge in [-0.15, -0.1) is 0 Å². The van der Waals surface area contributed by atoms with Crippen LogP contribution in [-0.4, -0.2) is 23.0 Å². The smallest absolute Gasteiger partial charge is 0.326 e. The molecule has 1 aliphatic carbocycles. The number of rotatable bonds is 4. The SMILES string of the molecule is Cc1cc(Br)c2oc(C(=O)NC(C(=O)O)C3CC3)cc2c1. The summed E-state index contributed by atoms with van der Waals surface area (Å²) in [5, 5.41) is 12.5. The van der Waals surface area contributed by atoms with Gasteiger partial charge >= 0.3 is 5.97 Å². The lowest BCUT2D eigenvalue weighted by Gasteiger charge is -2.11. The Labute approximate surface area is 129 Å². The van der Waals surface area contributed by atoms with E-state index in [0.717, 1.165) is 28.3 Å². The molecule has 0 saturated heterocycles. The number of carboxylic acids is 1. The van der Waals surface area contributed by atoms with E-state index in [1.54, 1.807) is 6.07 Å². The second-order valence-electron chi connectivity index (χ2n) is 5.40. The predicted molar refractivity (Wildman–Crippen MR) is 80.3 cm³/mol. The van der Waals surface area contributed by atoms with Crippen LogP contribution in [-0.2, 0) is 4.79 Å². The predicted octanol–water partition coefficient (Wildman–Crippen LogP) is 3.10. The molecule has 6 heteroatoms. The average molecular weight is 352 g/mol. The van der Waals surface area contributed by atoms with E-state index in [1.165, 1.54) is 0 Å². The number of benzene rings is 1. The lowest BCUT2D eigenvalue weighted by Crippen LogP contribution is -2.42. The van der Waals surface area contributed by atoms with Gasteiger partial charge in [-0.1, -0.05) is 0 Å². The molecule has 110 valence electrons. The van der Waals surface area contributed by atoms with Crippen molar-refractivity contribution in [3.8, 4) is 0 Å². The number of carbonyl (C=O) groups is 2. The van der Waals surface area contributed by atoms with Crippen molar-refractivity contribution in [2.24, 2.45) is 5.92 Å². The van der Waals surface area contributed by atoms with Gasteiger partial charge in [-0.25, -0.2) is 4.79 Å². The fraction of sp³-hybridized carbons (Fsp3) is 0.333. The lowest BCUT2D eigenvalue weighted by atomic mass is 10.1. The summed E-state index contributed by atoms with van der Waals surface area (Å²) in [6.45, 7) is 1.95. The van der Waals surface area contributed by atoms with E-state index in [1.807, 2.05) is 19.1 Å². The normalized spacial score (nSPS) is 15.9. The number of carboxylic acid groups (broad SMARTS) is 1. The highest BCUT2D eigenvalue weighted by Crippen LogP contribution is 2.33. The molecule has 1 amide bonds. The number of aliphatic carboxylic acids is 1. The van der Waals surface area contributed by atoms with Crippen molar-refractivity contribution in [1.82, 2.24) is 5.32 Å². The Kier molecular flexibility index (Phi) is 3.49. The van der Waals surface area contributed by atoms with Crippen LogP contribution in [0.2, 0.25) is 0 Å². The number of amides is 1. The summed E-state index contributed by atoms with van der Waals surface area (Å²) in [5.41, 5.74) is 1.63. The van der Waals surface area contributed by atoms with Gasteiger partial charge in [0.25, 0.3) is 5.91 Å². The fourth-order valence-electron chi connectivity index (χ4n) is 2.39. The topological polar surface area (TPSA) is 79.5 Å². The molecule has 0 spiro atoms. The maximum absolute atomic E-state index is 12.2. The van der Waals surface area contributed by atoms with Gasteiger partial charge in [-0.2, -0.15) is 0 Å². The number of halogens is 1. The van der Waals surface area contributed by atoms with Gasteiger partial charge in [0.2, 0.25) is 0 Å². The molecule has 1 aliphatic rings. The van der Waals surface area contributed by atoms with Crippen LogP contribution in [0.4, 0.5) is 0 Å². The Hall–Kier alpha value is -1.82. The maximum atomic E-state index is 12.2. The fourth-order valence-corrected chi connectivity index (χ4v) is 3.06.